The second kappa shape index (κ2) is 7.31. The quantitative estimate of drug-likeness (QED) is 0.470. The minimum atomic E-state index is -0.460. The molecule has 0 aromatic heterocycles. The van der Waals surface area contributed by atoms with Gasteiger partial charge in [0.15, 0.2) is 0 Å². The van der Waals surface area contributed by atoms with Gasteiger partial charge in [-0.2, -0.15) is 0 Å². The molecule has 0 aliphatic heterocycles. The van der Waals surface area contributed by atoms with Gasteiger partial charge >= 0.3 is 0 Å². The molecule has 1 N–H and O–H groups in total. The van der Waals surface area contributed by atoms with E-state index >= 15 is 0 Å². The van der Waals surface area contributed by atoms with Crippen molar-refractivity contribution in [3.8, 4) is 0 Å². The highest BCUT2D eigenvalue weighted by atomic mass is 35.5. The SMILES string of the molecule is CN(C)CCCNCc1ccc(Cl)c([N+](=O)[O-])c1. The van der Waals surface area contributed by atoms with Crippen molar-refractivity contribution >= 4 is 17.3 Å². The molecule has 0 aliphatic rings. The Morgan fingerprint density at radius 2 is 2.17 bits per heavy atom. The lowest BCUT2D eigenvalue weighted by atomic mass is 10.2. The van der Waals surface area contributed by atoms with E-state index in [0.29, 0.717) is 6.54 Å². The minimum absolute atomic E-state index is 0.0377. The number of benzene rings is 1. The molecule has 0 unspecified atom stereocenters. The summed E-state index contributed by atoms with van der Waals surface area (Å²) in [6.07, 6.45) is 1.04. The molecule has 1 aromatic carbocycles. The second-order valence-electron chi connectivity index (χ2n) is 4.38. The van der Waals surface area contributed by atoms with Crippen molar-refractivity contribution in [3.63, 3.8) is 0 Å². The summed E-state index contributed by atoms with van der Waals surface area (Å²) in [7, 11) is 4.06. The van der Waals surface area contributed by atoms with Crippen LogP contribution in [0, 0.1) is 10.1 Å². The number of nitro groups is 1. The first-order valence-corrected chi connectivity index (χ1v) is 6.17. The zero-order chi connectivity index (χ0) is 13.5. The number of nitrogens with zero attached hydrogens (tertiary/aromatic N) is 2. The smallest absolute Gasteiger partial charge is 0.288 e. The van der Waals surface area contributed by atoms with Crippen LogP contribution < -0.4 is 5.32 Å². The standard InChI is InChI=1S/C12H18ClN3O2/c1-15(2)7-3-6-14-9-10-4-5-11(13)12(8-10)16(17)18/h4-5,8,14H,3,6-7,9H2,1-2H3. The third-order valence-electron chi connectivity index (χ3n) is 2.50. The molecule has 1 aromatic rings. The second-order valence-corrected chi connectivity index (χ2v) is 4.78. The summed E-state index contributed by atoms with van der Waals surface area (Å²) in [5, 5.41) is 14.1. The van der Waals surface area contributed by atoms with Crippen LogP contribution in [-0.2, 0) is 6.54 Å². The van der Waals surface area contributed by atoms with Crippen LogP contribution in [0.3, 0.4) is 0 Å². The molecule has 0 fully saturated rings. The molecule has 18 heavy (non-hydrogen) atoms. The van der Waals surface area contributed by atoms with Gasteiger partial charge < -0.3 is 10.2 Å². The van der Waals surface area contributed by atoms with Crippen LogP contribution in [-0.4, -0.2) is 37.0 Å². The lowest BCUT2D eigenvalue weighted by Crippen LogP contribution is -2.21. The molecule has 0 aliphatic carbocycles. The van der Waals surface area contributed by atoms with Gasteiger partial charge in [0.05, 0.1) is 4.92 Å². The van der Waals surface area contributed by atoms with Crippen molar-refractivity contribution in [3.05, 3.63) is 38.9 Å². The van der Waals surface area contributed by atoms with Crippen LogP contribution in [0.2, 0.25) is 5.02 Å². The van der Waals surface area contributed by atoms with Gasteiger partial charge in [-0.25, -0.2) is 0 Å². The molecule has 5 nitrogen and oxygen atoms in total. The zero-order valence-electron chi connectivity index (χ0n) is 10.6. The van der Waals surface area contributed by atoms with Gasteiger partial charge in [-0.1, -0.05) is 17.7 Å². The number of hydrogen-bond donors (Lipinski definition) is 1. The maximum Gasteiger partial charge on any atom is 0.288 e. The van der Waals surface area contributed by atoms with Crippen LogP contribution in [0.1, 0.15) is 12.0 Å². The average Bonchev–Trinajstić information content (AvgIpc) is 2.30. The van der Waals surface area contributed by atoms with Crippen molar-refractivity contribution in [2.45, 2.75) is 13.0 Å². The Labute approximate surface area is 112 Å². The fraction of sp³-hybridized carbons (Fsp3) is 0.500. The topological polar surface area (TPSA) is 58.4 Å². The lowest BCUT2D eigenvalue weighted by Gasteiger charge is -2.09. The highest BCUT2D eigenvalue weighted by Gasteiger charge is 2.12. The van der Waals surface area contributed by atoms with Crippen LogP contribution >= 0.6 is 11.6 Å². The summed E-state index contributed by atoms with van der Waals surface area (Å²) in [6, 6.07) is 4.88. The molecule has 0 radical (unpaired) electrons. The third kappa shape index (κ3) is 5.00. The Morgan fingerprint density at radius 3 is 2.78 bits per heavy atom. The largest absolute Gasteiger partial charge is 0.313 e. The van der Waals surface area contributed by atoms with Crippen molar-refractivity contribution in [2.24, 2.45) is 0 Å². The number of hydrogen-bond acceptors (Lipinski definition) is 4. The Morgan fingerprint density at radius 1 is 1.44 bits per heavy atom. The molecule has 0 saturated heterocycles. The van der Waals surface area contributed by atoms with Crippen LogP contribution in [0.4, 0.5) is 5.69 Å². The van der Waals surface area contributed by atoms with E-state index < -0.39 is 4.92 Å². The number of halogens is 1. The van der Waals surface area contributed by atoms with E-state index in [1.807, 2.05) is 14.1 Å². The van der Waals surface area contributed by atoms with E-state index in [4.69, 9.17) is 11.6 Å². The van der Waals surface area contributed by atoms with E-state index in [-0.39, 0.29) is 10.7 Å². The molecule has 0 atom stereocenters. The molecule has 0 saturated carbocycles. The van der Waals surface area contributed by atoms with Crippen molar-refractivity contribution in [2.75, 3.05) is 27.2 Å². The fourth-order valence-electron chi connectivity index (χ4n) is 1.56. The predicted octanol–water partition coefficient (Wildman–Crippen LogP) is 2.29. The van der Waals surface area contributed by atoms with Crippen LogP contribution in [0.25, 0.3) is 0 Å². The third-order valence-corrected chi connectivity index (χ3v) is 2.81. The van der Waals surface area contributed by atoms with Crippen molar-refractivity contribution in [1.82, 2.24) is 10.2 Å². The monoisotopic (exact) mass is 271 g/mol. The molecule has 6 heteroatoms. The normalized spacial score (nSPS) is 10.9. The van der Waals surface area contributed by atoms with E-state index in [1.54, 1.807) is 12.1 Å². The summed E-state index contributed by atoms with van der Waals surface area (Å²) in [6.45, 7) is 2.52. The van der Waals surface area contributed by atoms with Crippen molar-refractivity contribution < 1.29 is 4.92 Å². The average molecular weight is 272 g/mol. The Hall–Kier alpha value is -1.17. The molecule has 0 bridgehead atoms. The predicted molar refractivity (Wildman–Crippen MR) is 73.0 cm³/mol. The lowest BCUT2D eigenvalue weighted by molar-refractivity contribution is -0.384. The highest BCUT2D eigenvalue weighted by Crippen LogP contribution is 2.24. The zero-order valence-corrected chi connectivity index (χ0v) is 11.4. The Bertz CT molecular complexity index is 410. The van der Waals surface area contributed by atoms with Gasteiger partial charge in [-0.3, -0.25) is 10.1 Å². The van der Waals surface area contributed by atoms with E-state index in [2.05, 4.69) is 10.2 Å². The molecule has 0 spiro atoms. The highest BCUT2D eigenvalue weighted by molar-refractivity contribution is 6.32. The summed E-state index contributed by atoms with van der Waals surface area (Å²) in [5.41, 5.74) is 0.834. The van der Waals surface area contributed by atoms with Crippen molar-refractivity contribution in [1.29, 1.82) is 0 Å². The number of nitrogens with one attached hydrogen (secondary N) is 1. The molecular weight excluding hydrogens is 254 g/mol. The Balaban J connectivity index is 2.43. The van der Waals surface area contributed by atoms with E-state index in [1.165, 1.54) is 6.07 Å². The fourth-order valence-corrected chi connectivity index (χ4v) is 1.75. The van der Waals surface area contributed by atoms with Gasteiger partial charge in [0.1, 0.15) is 5.02 Å². The van der Waals surface area contributed by atoms with Crippen LogP contribution in [0.5, 0.6) is 0 Å². The molecule has 1 rings (SSSR count). The first-order chi connectivity index (χ1) is 8.50. The Kier molecular flexibility index (Phi) is 6.04. The first-order valence-electron chi connectivity index (χ1n) is 5.79. The number of rotatable bonds is 7. The van der Waals surface area contributed by atoms with Gasteiger partial charge in [0.2, 0.25) is 0 Å². The minimum Gasteiger partial charge on any atom is -0.313 e. The van der Waals surface area contributed by atoms with Crippen LogP contribution in [0.15, 0.2) is 18.2 Å². The summed E-state index contributed by atoms with van der Waals surface area (Å²) < 4.78 is 0. The van der Waals surface area contributed by atoms with E-state index in [9.17, 15) is 10.1 Å². The number of nitro benzene ring substituents is 1. The molecule has 0 amide bonds. The van der Waals surface area contributed by atoms with Gasteiger partial charge in [-0.05, 0) is 45.2 Å². The molecule has 100 valence electrons. The molecule has 0 heterocycles. The van der Waals surface area contributed by atoms with Gasteiger partial charge in [-0.15, -0.1) is 0 Å². The van der Waals surface area contributed by atoms with Gasteiger partial charge in [0, 0.05) is 12.6 Å². The van der Waals surface area contributed by atoms with E-state index in [0.717, 1.165) is 25.1 Å². The molecular formula is C12H18ClN3O2. The maximum atomic E-state index is 10.7. The summed E-state index contributed by atoms with van der Waals surface area (Å²) in [4.78, 5) is 12.4. The summed E-state index contributed by atoms with van der Waals surface area (Å²) in [5.74, 6) is 0. The summed E-state index contributed by atoms with van der Waals surface area (Å²) >= 11 is 5.74. The maximum absolute atomic E-state index is 10.7. The first kappa shape index (κ1) is 14.9. The van der Waals surface area contributed by atoms with Gasteiger partial charge in [0.25, 0.3) is 5.69 Å².